The first-order chi connectivity index (χ1) is 7.63. The standard InChI is InChI=1S/C11H13ClINO2/c1-2-5-14-11(15)7-16-10-6-8(12)3-4-9(10)13/h3-4,6H,2,5,7H2,1H3,(H,14,15). The summed E-state index contributed by atoms with van der Waals surface area (Å²) >= 11 is 7.97. The van der Waals surface area contributed by atoms with Crippen LogP contribution in [0.25, 0.3) is 0 Å². The van der Waals surface area contributed by atoms with Crippen molar-refractivity contribution in [3.05, 3.63) is 26.8 Å². The van der Waals surface area contributed by atoms with Crippen LogP contribution in [0.5, 0.6) is 5.75 Å². The zero-order valence-corrected chi connectivity index (χ0v) is 11.8. The van der Waals surface area contributed by atoms with E-state index in [0.717, 1.165) is 9.99 Å². The fourth-order valence-corrected chi connectivity index (χ4v) is 1.70. The minimum absolute atomic E-state index is 0.0242. The summed E-state index contributed by atoms with van der Waals surface area (Å²) in [7, 11) is 0. The van der Waals surface area contributed by atoms with Gasteiger partial charge in [0.1, 0.15) is 5.75 Å². The van der Waals surface area contributed by atoms with E-state index >= 15 is 0 Å². The number of ether oxygens (including phenoxy) is 1. The van der Waals surface area contributed by atoms with Gasteiger partial charge in [-0.15, -0.1) is 0 Å². The maximum absolute atomic E-state index is 11.3. The molecule has 0 saturated heterocycles. The number of halogens is 2. The van der Waals surface area contributed by atoms with E-state index < -0.39 is 0 Å². The van der Waals surface area contributed by atoms with Gasteiger partial charge in [0.2, 0.25) is 0 Å². The zero-order chi connectivity index (χ0) is 12.0. The van der Waals surface area contributed by atoms with Crippen molar-refractivity contribution in [3.8, 4) is 5.75 Å². The van der Waals surface area contributed by atoms with E-state index in [2.05, 4.69) is 27.9 Å². The summed E-state index contributed by atoms with van der Waals surface area (Å²) < 4.78 is 6.31. The number of nitrogens with one attached hydrogen (secondary N) is 1. The SMILES string of the molecule is CCCNC(=O)COc1cc(Cl)ccc1I. The maximum Gasteiger partial charge on any atom is 0.257 e. The molecule has 0 spiro atoms. The molecular weight excluding hydrogens is 340 g/mol. The molecule has 0 saturated carbocycles. The van der Waals surface area contributed by atoms with Gasteiger partial charge in [0.25, 0.3) is 5.91 Å². The fraction of sp³-hybridized carbons (Fsp3) is 0.364. The number of carbonyl (C=O) groups is 1. The zero-order valence-electron chi connectivity index (χ0n) is 8.93. The molecule has 1 amide bonds. The molecule has 0 radical (unpaired) electrons. The lowest BCUT2D eigenvalue weighted by Crippen LogP contribution is -2.29. The van der Waals surface area contributed by atoms with Crippen LogP contribution in [-0.4, -0.2) is 19.1 Å². The quantitative estimate of drug-likeness (QED) is 0.827. The molecule has 0 aliphatic rings. The van der Waals surface area contributed by atoms with E-state index in [9.17, 15) is 4.79 Å². The molecule has 1 rings (SSSR count). The second-order valence-electron chi connectivity index (χ2n) is 3.21. The van der Waals surface area contributed by atoms with Gasteiger partial charge in [-0.05, 0) is 47.2 Å². The van der Waals surface area contributed by atoms with Gasteiger partial charge in [0.15, 0.2) is 6.61 Å². The van der Waals surface area contributed by atoms with Gasteiger partial charge in [-0.3, -0.25) is 4.79 Å². The van der Waals surface area contributed by atoms with Crippen molar-refractivity contribution in [2.24, 2.45) is 0 Å². The fourth-order valence-electron chi connectivity index (χ4n) is 1.05. The van der Waals surface area contributed by atoms with Crippen molar-refractivity contribution in [3.63, 3.8) is 0 Å². The first-order valence-electron chi connectivity index (χ1n) is 4.98. The van der Waals surface area contributed by atoms with Gasteiger partial charge in [-0.2, -0.15) is 0 Å². The molecule has 16 heavy (non-hydrogen) atoms. The van der Waals surface area contributed by atoms with Crippen LogP contribution in [0, 0.1) is 3.57 Å². The van der Waals surface area contributed by atoms with E-state index in [4.69, 9.17) is 16.3 Å². The van der Waals surface area contributed by atoms with Crippen LogP contribution in [0.2, 0.25) is 5.02 Å². The second-order valence-corrected chi connectivity index (χ2v) is 4.81. The average Bonchev–Trinajstić information content (AvgIpc) is 2.27. The van der Waals surface area contributed by atoms with E-state index in [1.807, 2.05) is 13.0 Å². The van der Waals surface area contributed by atoms with E-state index in [0.29, 0.717) is 17.3 Å². The highest BCUT2D eigenvalue weighted by atomic mass is 127. The Kier molecular flexibility index (Phi) is 5.90. The van der Waals surface area contributed by atoms with Crippen molar-refractivity contribution >= 4 is 40.1 Å². The number of rotatable bonds is 5. The van der Waals surface area contributed by atoms with Crippen molar-refractivity contribution in [2.75, 3.05) is 13.2 Å². The summed E-state index contributed by atoms with van der Waals surface area (Å²) in [5.74, 6) is 0.525. The third-order valence-electron chi connectivity index (χ3n) is 1.82. The Balaban J connectivity index is 2.47. The Morgan fingerprint density at radius 1 is 1.56 bits per heavy atom. The average molecular weight is 354 g/mol. The lowest BCUT2D eigenvalue weighted by molar-refractivity contribution is -0.123. The smallest absolute Gasteiger partial charge is 0.257 e. The molecule has 0 unspecified atom stereocenters. The summed E-state index contributed by atoms with van der Waals surface area (Å²) in [6.07, 6.45) is 0.917. The molecule has 88 valence electrons. The summed E-state index contributed by atoms with van der Waals surface area (Å²) in [6.45, 7) is 2.70. The molecule has 1 aromatic rings. The largest absolute Gasteiger partial charge is 0.483 e. The van der Waals surface area contributed by atoms with Crippen LogP contribution < -0.4 is 10.1 Å². The second kappa shape index (κ2) is 6.96. The predicted molar refractivity (Wildman–Crippen MR) is 73.0 cm³/mol. The number of hydrogen-bond acceptors (Lipinski definition) is 2. The van der Waals surface area contributed by atoms with E-state index in [-0.39, 0.29) is 12.5 Å². The van der Waals surface area contributed by atoms with Gasteiger partial charge >= 0.3 is 0 Å². The lowest BCUT2D eigenvalue weighted by Gasteiger charge is -2.08. The van der Waals surface area contributed by atoms with Crippen LogP contribution in [0.3, 0.4) is 0 Å². The molecule has 5 heteroatoms. The molecule has 1 N–H and O–H groups in total. The molecule has 0 aliphatic heterocycles. The van der Waals surface area contributed by atoms with Crippen molar-refractivity contribution in [1.29, 1.82) is 0 Å². The highest BCUT2D eigenvalue weighted by molar-refractivity contribution is 14.1. The molecule has 1 aromatic carbocycles. The van der Waals surface area contributed by atoms with Gasteiger partial charge in [0, 0.05) is 11.6 Å². The van der Waals surface area contributed by atoms with Gasteiger partial charge in [-0.1, -0.05) is 18.5 Å². The summed E-state index contributed by atoms with van der Waals surface area (Å²) in [5, 5.41) is 3.34. The monoisotopic (exact) mass is 353 g/mol. The topological polar surface area (TPSA) is 38.3 Å². The van der Waals surface area contributed by atoms with Crippen LogP contribution in [0.4, 0.5) is 0 Å². The molecule has 0 aromatic heterocycles. The van der Waals surface area contributed by atoms with Crippen LogP contribution in [0.1, 0.15) is 13.3 Å². The molecule has 3 nitrogen and oxygen atoms in total. The van der Waals surface area contributed by atoms with E-state index in [1.54, 1.807) is 12.1 Å². The first kappa shape index (κ1) is 13.6. The molecule has 0 aliphatic carbocycles. The van der Waals surface area contributed by atoms with Gasteiger partial charge in [0.05, 0.1) is 3.57 Å². The van der Waals surface area contributed by atoms with Crippen LogP contribution in [-0.2, 0) is 4.79 Å². The van der Waals surface area contributed by atoms with Crippen LogP contribution in [0.15, 0.2) is 18.2 Å². The maximum atomic E-state index is 11.3. The Hall–Kier alpha value is -0.490. The Morgan fingerprint density at radius 2 is 2.31 bits per heavy atom. The Labute approximate surface area is 114 Å². The Bertz CT molecular complexity index is 371. The number of carbonyl (C=O) groups excluding carboxylic acids is 1. The minimum atomic E-state index is -0.113. The molecule has 0 heterocycles. The van der Waals surface area contributed by atoms with Crippen LogP contribution >= 0.6 is 34.2 Å². The normalized spacial score (nSPS) is 9.94. The number of benzene rings is 1. The first-order valence-corrected chi connectivity index (χ1v) is 6.43. The van der Waals surface area contributed by atoms with Gasteiger partial charge in [-0.25, -0.2) is 0 Å². The molecular formula is C11H13ClINO2. The van der Waals surface area contributed by atoms with Crippen molar-refractivity contribution in [2.45, 2.75) is 13.3 Å². The highest BCUT2D eigenvalue weighted by Crippen LogP contribution is 2.24. The Morgan fingerprint density at radius 3 is 3.00 bits per heavy atom. The predicted octanol–water partition coefficient (Wildman–Crippen LogP) is 2.85. The van der Waals surface area contributed by atoms with Crippen molar-refractivity contribution < 1.29 is 9.53 Å². The molecule has 0 atom stereocenters. The number of hydrogen-bond donors (Lipinski definition) is 1. The summed E-state index contributed by atoms with van der Waals surface area (Å²) in [4.78, 5) is 11.3. The lowest BCUT2D eigenvalue weighted by atomic mass is 10.3. The summed E-state index contributed by atoms with van der Waals surface area (Å²) in [5.41, 5.74) is 0. The van der Waals surface area contributed by atoms with E-state index in [1.165, 1.54) is 0 Å². The number of amides is 1. The summed E-state index contributed by atoms with van der Waals surface area (Å²) in [6, 6.07) is 5.34. The van der Waals surface area contributed by atoms with Gasteiger partial charge < -0.3 is 10.1 Å². The third-order valence-corrected chi connectivity index (χ3v) is 2.95. The minimum Gasteiger partial charge on any atom is -0.483 e. The highest BCUT2D eigenvalue weighted by Gasteiger charge is 2.05. The molecule has 0 bridgehead atoms. The third kappa shape index (κ3) is 4.57. The van der Waals surface area contributed by atoms with Crippen molar-refractivity contribution in [1.82, 2.24) is 5.32 Å². The molecule has 0 fully saturated rings.